The third-order valence-electron chi connectivity index (χ3n) is 4.78. The fourth-order valence-electron chi connectivity index (χ4n) is 3.59. The van der Waals surface area contributed by atoms with Gasteiger partial charge in [0.2, 0.25) is 0 Å². The highest BCUT2D eigenvalue weighted by atomic mass is 16.5. The fourth-order valence-corrected chi connectivity index (χ4v) is 3.59. The fraction of sp³-hybridized carbons (Fsp3) is 0.316. The highest BCUT2D eigenvalue weighted by Crippen LogP contribution is 2.32. The first-order valence-corrected chi connectivity index (χ1v) is 8.62. The van der Waals surface area contributed by atoms with Crippen LogP contribution in [0.15, 0.2) is 36.0 Å². The van der Waals surface area contributed by atoms with Gasteiger partial charge in [0.15, 0.2) is 0 Å². The molecule has 0 radical (unpaired) electrons. The summed E-state index contributed by atoms with van der Waals surface area (Å²) < 4.78 is 7.18. The van der Waals surface area contributed by atoms with E-state index in [1.54, 1.807) is 0 Å². The number of carbonyl (C=O) groups excluding carboxylic acids is 2. The summed E-state index contributed by atoms with van der Waals surface area (Å²) >= 11 is 0. The number of ether oxygens (including phenoxy) is 1. The van der Waals surface area contributed by atoms with Crippen LogP contribution in [0.5, 0.6) is 0 Å². The first kappa shape index (κ1) is 16.5. The Balaban J connectivity index is 1.87. The van der Waals surface area contributed by atoms with Gasteiger partial charge in [0, 0.05) is 24.3 Å². The van der Waals surface area contributed by atoms with Gasteiger partial charge in [-0.25, -0.2) is 4.68 Å². The first-order chi connectivity index (χ1) is 12.6. The molecule has 2 aliphatic rings. The third kappa shape index (κ3) is 2.61. The zero-order valence-corrected chi connectivity index (χ0v) is 14.8. The molecule has 2 aromatic rings. The van der Waals surface area contributed by atoms with Crippen LogP contribution in [0.25, 0.3) is 11.3 Å². The second kappa shape index (κ2) is 6.42. The number of nitrogens with zero attached hydrogens (tertiary/aromatic N) is 3. The normalized spacial score (nSPS) is 17.8. The molecule has 1 saturated heterocycles. The van der Waals surface area contributed by atoms with Crippen molar-refractivity contribution >= 4 is 17.4 Å². The van der Waals surface area contributed by atoms with Crippen molar-refractivity contribution in [2.75, 3.05) is 26.3 Å². The number of imide groups is 1. The Labute approximate surface area is 151 Å². The number of para-hydroxylation sites is 1. The Morgan fingerprint density at radius 3 is 2.42 bits per heavy atom. The van der Waals surface area contributed by atoms with Crippen LogP contribution in [0.2, 0.25) is 0 Å². The Hall–Kier alpha value is -2.93. The van der Waals surface area contributed by atoms with Crippen molar-refractivity contribution < 1.29 is 14.3 Å². The maximum atomic E-state index is 12.6. The van der Waals surface area contributed by atoms with E-state index in [4.69, 9.17) is 4.74 Å². The molecular weight excluding hydrogens is 332 g/mol. The summed E-state index contributed by atoms with van der Waals surface area (Å²) in [6.07, 6.45) is 0. The third-order valence-corrected chi connectivity index (χ3v) is 4.78. The SMILES string of the molecule is Cc1nn(-c2ccccc2)c(C)c1C1=C(N2CCOCC2)C(=O)NC1=O. The number of amides is 2. The van der Waals surface area contributed by atoms with Crippen LogP contribution in [-0.2, 0) is 14.3 Å². The topological polar surface area (TPSA) is 76.5 Å². The van der Waals surface area contributed by atoms with Crippen molar-refractivity contribution in [1.29, 1.82) is 0 Å². The summed E-state index contributed by atoms with van der Waals surface area (Å²) in [4.78, 5) is 27.0. The van der Waals surface area contributed by atoms with E-state index in [0.717, 1.165) is 22.6 Å². The van der Waals surface area contributed by atoms with Gasteiger partial charge in [0.1, 0.15) is 5.70 Å². The maximum absolute atomic E-state index is 12.6. The van der Waals surface area contributed by atoms with E-state index in [9.17, 15) is 9.59 Å². The van der Waals surface area contributed by atoms with Crippen molar-refractivity contribution in [1.82, 2.24) is 20.0 Å². The molecule has 0 unspecified atom stereocenters. The molecule has 1 aromatic heterocycles. The lowest BCUT2D eigenvalue weighted by atomic mass is 10.0. The van der Waals surface area contributed by atoms with Crippen LogP contribution in [0.1, 0.15) is 17.0 Å². The summed E-state index contributed by atoms with van der Waals surface area (Å²) in [5.41, 5.74) is 4.03. The van der Waals surface area contributed by atoms with Crippen molar-refractivity contribution in [2.24, 2.45) is 0 Å². The average molecular weight is 352 g/mol. The minimum absolute atomic E-state index is 0.349. The standard InChI is InChI=1S/C19H20N4O3/c1-12-15(13(2)23(21-12)14-6-4-3-5-7-14)16-17(19(25)20-18(16)24)22-8-10-26-11-9-22/h3-7H,8-11H2,1-2H3,(H,20,24,25). The van der Waals surface area contributed by atoms with Gasteiger partial charge in [0.25, 0.3) is 11.8 Å². The number of aryl methyl sites for hydroxylation is 1. The van der Waals surface area contributed by atoms with E-state index in [1.807, 2.05) is 53.8 Å². The Kier molecular flexibility index (Phi) is 4.08. The van der Waals surface area contributed by atoms with Gasteiger partial charge in [-0.15, -0.1) is 0 Å². The minimum Gasteiger partial charge on any atom is -0.378 e. The maximum Gasteiger partial charge on any atom is 0.275 e. The molecule has 0 saturated carbocycles. The zero-order chi connectivity index (χ0) is 18.3. The second-order valence-corrected chi connectivity index (χ2v) is 6.40. The molecule has 7 heteroatoms. The van der Waals surface area contributed by atoms with Crippen molar-refractivity contribution in [3.8, 4) is 5.69 Å². The molecule has 3 heterocycles. The van der Waals surface area contributed by atoms with Crippen LogP contribution >= 0.6 is 0 Å². The molecule has 0 spiro atoms. The molecule has 134 valence electrons. The number of carbonyl (C=O) groups is 2. The highest BCUT2D eigenvalue weighted by Gasteiger charge is 2.37. The summed E-state index contributed by atoms with van der Waals surface area (Å²) in [6, 6.07) is 9.74. The quantitative estimate of drug-likeness (QED) is 0.840. The van der Waals surface area contributed by atoms with Gasteiger partial charge in [-0.2, -0.15) is 5.10 Å². The summed E-state index contributed by atoms with van der Waals surface area (Å²) in [6.45, 7) is 6.04. The summed E-state index contributed by atoms with van der Waals surface area (Å²) in [7, 11) is 0. The number of hydrogen-bond acceptors (Lipinski definition) is 5. The first-order valence-electron chi connectivity index (χ1n) is 8.62. The summed E-state index contributed by atoms with van der Waals surface area (Å²) in [5, 5.41) is 7.06. The van der Waals surface area contributed by atoms with Gasteiger partial charge in [-0.1, -0.05) is 18.2 Å². The van der Waals surface area contributed by atoms with Crippen molar-refractivity contribution in [3.05, 3.63) is 53.0 Å². The molecule has 1 fully saturated rings. The van der Waals surface area contributed by atoms with Gasteiger partial charge < -0.3 is 9.64 Å². The lowest BCUT2D eigenvalue weighted by Crippen LogP contribution is -2.39. The van der Waals surface area contributed by atoms with Crippen LogP contribution in [0.3, 0.4) is 0 Å². The molecule has 0 atom stereocenters. The molecule has 0 aliphatic carbocycles. The van der Waals surface area contributed by atoms with Crippen molar-refractivity contribution in [3.63, 3.8) is 0 Å². The molecule has 26 heavy (non-hydrogen) atoms. The number of rotatable bonds is 3. The second-order valence-electron chi connectivity index (χ2n) is 6.40. The van der Waals surface area contributed by atoms with Crippen LogP contribution < -0.4 is 5.32 Å². The molecule has 1 N–H and O–H groups in total. The monoisotopic (exact) mass is 352 g/mol. The van der Waals surface area contributed by atoms with Crippen molar-refractivity contribution in [2.45, 2.75) is 13.8 Å². The number of benzene rings is 1. The van der Waals surface area contributed by atoms with E-state index in [0.29, 0.717) is 37.6 Å². The lowest BCUT2D eigenvalue weighted by Gasteiger charge is -2.29. The number of aromatic nitrogens is 2. The van der Waals surface area contributed by atoms with E-state index in [1.165, 1.54) is 0 Å². The zero-order valence-electron chi connectivity index (χ0n) is 14.8. The Morgan fingerprint density at radius 2 is 1.73 bits per heavy atom. The predicted octanol–water partition coefficient (Wildman–Crippen LogP) is 1.19. The number of morpholine rings is 1. The van der Waals surface area contributed by atoms with Gasteiger partial charge in [-0.05, 0) is 26.0 Å². The predicted molar refractivity (Wildman–Crippen MR) is 95.5 cm³/mol. The van der Waals surface area contributed by atoms with E-state index in [2.05, 4.69) is 10.4 Å². The highest BCUT2D eigenvalue weighted by molar-refractivity contribution is 6.36. The molecule has 2 amide bonds. The Bertz CT molecular complexity index is 908. The van der Waals surface area contributed by atoms with Gasteiger partial charge in [-0.3, -0.25) is 14.9 Å². The largest absolute Gasteiger partial charge is 0.378 e. The molecule has 2 aliphatic heterocycles. The van der Waals surface area contributed by atoms with Gasteiger partial charge in [0.05, 0.1) is 30.2 Å². The molecule has 1 aromatic carbocycles. The van der Waals surface area contributed by atoms with Gasteiger partial charge >= 0.3 is 0 Å². The van der Waals surface area contributed by atoms with Crippen LogP contribution in [0.4, 0.5) is 0 Å². The molecule has 0 bridgehead atoms. The smallest absolute Gasteiger partial charge is 0.275 e. The number of hydrogen-bond donors (Lipinski definition) is 1. The molecule has 4 rings (SSSR count). The molecule has 7 nitrogen and oxygen atoms in total. The van der Waals surface area contributed by atoms with E-state index >= 15 is 0 Å². The van der Waals surface area contributed by atoms with E-state index in [-0.39, 0.29) is 11.8 Å². The average Bonchev–Trinajstić information content (AvgIpc) is 3.11. The van der Waals surface area contributed by atoms with E-state index < -0.39 is 0 Å². The van der Waals surface area contributed by atoms with Crippen LogP contribution in [-0.4, -0.2) is 52.8 Å². The van der Waals surface area contributed by atoms with Crippen LogP contribution in [0, 0.1) is 13.8 Å². The number of nitrogens with one attached hydrogen (secondary N) is 1. The lowest BCUT2D eigenvalue weighted by molar-refractivity contribution is -0.124. The Morgan fingerprint density at radius 1 is 1.04 bits per heavy atom. The minimum atomic E-state index is -0.365. The summed E-state index contributed by atoms with van der Waals surface area (Å²) in [5.74, 6) is -0.714. The molecular formula is C19H20N4O3.